The molecular formula is C37H62N6O8. The number of allylic oxidation sites excluding steroid dienone is 1. The summed E-state index contributed by atoms with van der Waals surface area (Å²) in [5.74, 6) is -1.48. The number of aliphatic hydroxyl groups is 1. The van der Waals surface area contributed by atoms with E-state index in [-0.39, 0.29) is 35.6 Å². The van der Waals surface area contributed by atoms with Gasteiger partial charge in [-0.3, -0.25) is 19.2 Å². The molecule has 0 aromatic heterocycles. The van der Waals surface area contributed by atoms with Crippen molar-refractivity contribution in [3.63, 3.8) is 0 Å². The number of hydrogen-bond acceptors (Lipinski definition) is 10. The second kappa shape index (κ2) is 20.6. The predicted molar refractivity (Wildman–Crippen MR) is 192 cm³/mol. The minimum absolute atomic E-state index is 0.121. The molecule has 0 heterocycles. The molecule has 3 fully saturated rings. The maximum absolute atomic E-state index is 13.4. The van der Waals surface area contributed by atoms with Crippen molar-refractivity contribution in [2.24, 2.45) is 29.4 Å². The summed E-state index contributed by atoms with van der Waals surface area (Å²) in [5.41, 5.74) is 6.08. The Kier molecular flexibility index (Phi) is 17.0. The van der Waals surface area contributed by atoms with Crippen LogP contribution in [0.5, 0.6) is 0 Å². The minimum atomic E-state index is -1.46. The van der Waals surface area contributed by atoms with Gasteiger partial charge in [0.15, 0.2) is 0 Å². The topological polar surface area (TPSA) is 209 Å². The summed E-state index contributed by atoms with van der Waals surface area (Å²) in [6.45, 7) is 3.99. The van der Waals surface area contributed by atoms with Gasteiger partial charge < -0.3 is 46.5 Å². The summed E-state index contributed by atoms with van der Waals surface area (Å²) >= 11 is 0. The molecule has 3 aliphatic rings. The molecule has 4 amide bonds. The van der Waals surface area contributed by atoms with Gasteiger partial charge in [-0.05, 0) is 83.1 Å². The van der Waals surface area contributed by atoms with Crippen LogP contribution in [0.1, 0.15) is 104 Å². The molecule has 3 rings (SSSR count). The molecule has 288 valence electrons. The molecule has 14 heteroatoms. The van der Waals surface area contributed by atoms with Gasteiger partial charge in [-0.25, -0.2) is 4.79 Å². The quantitative estimate of drug-likeness (QED) is 0.0372. The van der Waals surface area contributed by atoms with Crippen molar-refractivity contribution in [2.75, 3.05) is 27.2 Å². The van der Waals surface area contributed by atoms with Gasteiger partial charge in [0.25, 0.3) is 5.91 Å². The number of ether oxygens (including phenoxy) is 1. The fourth-order valence-corrected chi connectivity index (χ4v) is 8.14. The lowest BCUT2D eigenvalue weighted by molar-refractivity contribution is -0.142. The maximum Gasteiger partial charge on any atom is 0.330 e. The van der Waals surface area contributed by atoms with E-state index in [1.54, 1.807) is 21.0 Å². The van der Waals surface area contributed by atoms with Gasteiger partial charge in [0.1, 0.15) is 30.7 Å². The molecule has 0 aromatic carbocycles. The average Bonchev–Trinajstić information content (AvgIpc) is 3.64. The van der Waals surface area contributed by atoms with Gasteiger partial charge in [0.2, 0.25) is 17.7 Å². The summed E-state index contributed by atoms with van der Waals surface area (Å²) in [7, 11) is 3.26. The number of likely N-dealkylation sites (N-methyl/N-ethyl adjacent to an activating group) is 2. The lowest BCUT2D eigenvalue weighted by atomic mass is 9.85. The van der Waals surface area contributed by atoms with Gasteiger partial charge in [0, 0.05) is 20.0 Å². The number of fused-ring (bicyclic) bond motifs is 2. The van der Waals surface area contributed by atoms with E-state index in [4.69, 9.17) is 10.5 Å². The highest BCUT2D eigenvalue weighted by Crippen LogP contribution is 2.50. The largest absolute Gasteiger partial charge is 0.429 e. The van der Waals surface area contributed by atoms with Crippen LogP contribution in [-0.4, -0.2) is 103 Å². The molecule has 51 heavy (non-hydrogen) atoms. The van der Waals surface area contributed by atoms with E-state index in [9.17, 15) is 33.9 Å². The van der Waals surface area contributed by atoms with Crippen molar-refractivity contribution in [1.29, 1.82) is 0 Å². The summed E-state index contributed by atoms with van der Waals surface area (Å²) < 4.78 is 5.76. The van der Waals surface area contributed by atoms with E-state index in [1.807, 2.05) is 6.92 Å². The van der Waals surface area contributed by atoms with E-state index in [0.717, 1.165) is 64.1 Å². The molecule has 0 aromatic rings. The van der Waals surface area contributed by atoms with Crippen LogP contribution in [0.4, 0.5) is 0 Å². The predicted octanol–water partition coefficient (Wildman–Crippen LogP) is 1.44. The van der Waals surface area contributed by atoms with E-state index in [1.165, 1.54) is 18.2 Å². The van der Waals surface area contributed by atoms with E-state index >= 15 is 0 Å². The Morgan fingerprint density at radius 1 is 0.980 bits per heavy atom. The smallest absolute Gasteiger partial charge is 0.330 e. The fraction of sp³-hybridized carbons (Fsp3) is 0.784. The lowest BCUT2D eigenvalue weighted by Gasteiger charge is -2.28. The molecule has 7 N–H and O–H groups in total. The Hall–Kier alpha value is -3.36. The summed E-state index contributed by atoms with van der Waals surface area (Å²) in [6, 6.07) is -3.73. The van der Waals surface area contributed by atoms with Crippen molar-refractivity contribution in [1.82, 2.24) is 26.2 Å². The standard InChI is InChI=1S/C37H62N6O8/c1-6-11-28(21-44)43(5)37(50)22(2)30(18-27-17-24-14-15-26(27)16-24)51-31(46)20-40-35(48)32(23(3)45)42-34(47)29(19-38)41-36(49)33(39-4)25-12-9-7-8-10-13-25/h21,23-29,32-33,39,45H,6-20,38H2,1-5H3,(H,40,48)(H,41,49)(H,42,47)/b30-22-. The first-order valence-corrected chi connectivity index (χ1v) is 18.9. The summed E-state index contributed by atoms with van der Waals surface area (Å²) in [5, 5.41) is 21.1. The van der Waals surface area contributed by atoms with Crippen molar-refractivity contribution >= 4 is 35.9 Å². The van der Waals surface area contributed by atoms with Crippen molar-refractivity contribution in [3.05, 3.63) is 11.3 Å². The molecule has 14 nitrogen and oxygen atoms in total. The summed E-state index contributed by atoms with van der Waals surface area (Å²) in [6.07, 6.45) is 11.5. The SMILES string of the molecule is CCCC(C=O)N(C)C(=O)/C(C)=C(/CC1CC2CCC1C2)OC(=O)CNC(=O)C(NC(=O)C(CN)NC(=O)C(NC)C1CCCCCC1)C(C)O. The van der Waals surface area contributed by atoms with Crippen LogP contribution >= 0.6 is 0 Å². The third kappa shape index (κ3) is 11.8. The number of esters is 1. The highest BCUT2D eigenvalue weighted by Gasteiger charge is 2.41. The maximum atomic E-state index is 13.4. The number of nitrogens with two attached hydrogens (primary N) is 1. The highest BCUT2D eigenvalue weighted by atomic mass is 16.5. The second-order valence-corrected chi connectivity index (χ2v) is 14.8. The van der Waals surface area contributed by atoms with Crippen LogP contribution in [0.25, 0.3) is 0 Å². The molecule has 0 spiro atoms. The monoisotopic (exact) mass is 718 g/mol. The molecule has 8 atom stereocenters. The van der Waals surface area contributed by atoms with E-state index < -0.39 is 60.5 Å². The normalized spacial score (nSPS) is 23.8. The van der Waals surface area contributed by atoms with Crippen LogP contribution in [-0.2, 0) is 33.5 Å². The third-order valence-corrected chi connectivity index (χ3v) is 11.2. The minimum Gasteiger partial charge on any atom is -0.429 e. The lowest BCUT2D eigenvalue weighted by Crippen LogP contribution is -2.61. The van der Waals surface area contributed by atoms with Crippen LogP contribution in [0.2, 0.25) is 0 Å². The zero-order chi connectivity index (χ0) is 37.7. The van der Waals surface area contributed by atoms with Crippen molar-refractivity contribution in [2.45, 2.75) is 135 Å². The zero-order valence-corrected chi connectivity index (χ0v) is 31.2. The molecule has 0 saturated heterocycles. The Morgan fingerprint density at radius 2 is 1.67 bits per heavy atom. The number of amides is 4. The first-order chi connectivity index (χ1) is 24.3. The Labute approximate surface area is 302 Å². The van der Waals surface area contributed by atoms with Crippen LogP contribution in [0.3, 0.4) is 0 Å². The Bertz CT molecular complexity index is 1250. The van der Waals surface area contributed by atoms with Crippen molar-refractivity contribution in [3.8, 4) is 0 Å². The molecule has 8 unspecified atom stereocenters. The molecule has 2 bridgehead atoms. The second-order valence-electron chi connectivity index (χ2n) is 14.8. The number of nitrogens with one attached hydrogen (secondary N) is 4. The summed E-state index contributed by atoms with van der Waals surface area (Å²) in [4.78, 5) is 79.2. The molecular weight excluding hydrogens is 656 g/mol. The molecule has 3 aliphatic carbocycles. The highest BCUT2D eigenvalue weighted by molar-refractivity contribution is 5.96. The van der Waals surface area contributed by atoms with Gasteiger partial charge in [0.05, 0.1) is 23.8 Å². The van der Waals surface area contributed by atoms with Gasteiger partial charge >= 0.3 is 5.97 Å². The number of aldehydes is 1. The van der Waals surface area contributed by atoms with E-state index in [0.29, 0.717) is 31.1 Å². The Morgan fingerprint density at radius 3 is 2.20 bits per heavy atom. The zero-order valence-electron chi connectivity index (χ0n) is 31.2. The third-order valence-electron chi connectivity index (χ3n) is 11.2. The van der Waals surface area contributed by atoms with Crippen LogP contribution < -0.4 is 27.0 Å². The molecule has 3 saturated carbocycles. The fourth-order valence-electron chi connectivity index (χ4n) is 8.14. The van der Waals surface area contributed by atoms with Crippen molar-refractivity contribution < 1.29 is 38.6 Å². The van der Waals surface area contributed by atoms with Gasteiger partial charge in [-0.1, -0.05) is 45.4 Å². The Balaban J connectivity index is 1.64. The number of nitrogens with zero attached hydrogens (tertiary/aromatic N) is 1. The van der Waals surface area contributed by atoms with Crippen LogP contribution in [0.15, 0.2) is 11.3 Å². The molecule has 0 aliphatic heterocycles. The average molecular weight is 719 g/mol. The van der Waals surface area contributed by atoms with Gasteiger partial charge in [-0.15, -0.1) is 0 Å². The number of carbonyl (C=O) groups excluding carboxylic acids is 6. The van der Waals surface area contributed by atoms with Gasteiger partial charge in [-0.2, -0.15) is 0 Å². The first-order valence-electron chi connectivity index (χ1n) is 18.9. The number of carbonyl (C=O) groups is 6. The number of hydrogen-bond donors (Lipinski definition) is 6. The van der Waals surface area contributed by atoms with Crippen LogP contribution in [0, 0.1) is 23.7 Å². The first kappa shape index (κ1) is 42.1. The molecule has 0 radical (unpaired) electrons. The number of rotatable bonds is 19. The van der Waals surface area contributed by atoms with E-state index in [2.05, 4.69) is 21.3 Å². The number of aliphatic hydroxyl groups excluding tert-OH is 1.